The summed E-state index contributed by atoms with van der Waals surface area (Å²) in [5.74, 6) is 1.25. The molecule has 3 rings (SSSR count). The Morgan fingerprint density at radius 1 is 1.09 bits per heavy atom. The minimum absolute atomic E-state index is 0.0497. The van der Waals surface area contributed by atoms with Gasteiger partial charge >= 0.3 is 0 Å². The van der Waals surface area contributed by atoms with E-state index in [9.17, 15) is 4.79 Å². The van der Waals surface area contributed by atoms with Gasteiger partial charge in [0.25, 0.3) is 0 Å². The molecule has 0 atom stereocenters. The largest absolute Gasteiger partial charge is 0.441 e. The molecule has 2 aromatic carbocycles. The summed E-state index contributed by atoms with van der Waals surface area (Å²) >= 11 is 0. The molecule has 23 heavy (non-hydrogen) atoms. The van der Waals surface area contributed by atoms with Crippen LogP contribution in [0.2, 0.25) is 0 Å². The lowest BCUT2D eigenvalue weighted by molar-refractivity contribution is -0.116. The Morgan fingerprint density at radius 3 is 2.57 bits per heavy atom. The van der Waals surface area contributed by atoms with Gasteiger partial charge in [-0.1, -0.05) is 48.0 Å². The van der Waals surface area contributed by atoms with E-state index in [4.69, 9.17) is 4.42 Å². The highest BCUT2D eigenvalue weighted by Gasteiger charge is 2.09. The molecule has 0 radical (unpaired) electrons. The standard InChI is InChI=1S/C19H18N2O2/c1-14-7-9-15(10-8-14)17-13-20-19(23-17)12-11-18(22)21-16-5-3-2-4-6-16/h2-10,13H,11-12H2,1H3,(H,21,22). The van der Waals surface area contributed by atoms with E-state index in [1.54, 1.807) is 6.20 Å². The van der Waals surface area contributed by atoms with Crippen LogP contribution >= 0.6 is 0 Å². The summed E-state index contributed by atoms with van der Waals surface area (Å²) in [5, 5.41) is 2.85. The summed E-state index contributed by atoms with van der Waals surface area (Å²) < 4.78 is 5.72. The number of hydrogen-bond donors (Lipinski definition) is 1. The van der Waals surface area contributed by atoms with Crippen LogP contribution in [0.15, 0.2) is 65.2 Å². The van der Waals surface area contributed by atoms with E-state index in [-0.39, 0.29) is 5.91 Å². The van der Waals surface area contributed by atoms with Gasteiger partial charge < -0.3 is 9.73 Å². The highest BCUT2D eigenvalue weighted by Crippen LogP contribution is 2.21. The van der Waals surface area contributed by atoms with Crippen LogP contribution in [-0.4, -0.2) is 10.9 Å². The molecule has 1 heterocycles. The van der Waals surface area contributed by atoms with Crippen molar-refractivity contribution in [1.29, 1.82) is 0 Å². The highest BCUT2D eigenvalue weighted by molar-refractivity contribution is 5.90. The van der Waals surface area contributed by atoms with Crippen molar-refractivity contribution >= 4 is 11.6 Å². The van der Waals surface area contributed by atoms with Gasteiger partial charge in [-0.05, 0) is 19.1 Å². The molecule has 0 fully saturated rings. The van der Waals surface area contributed by atoms with Gasteiger partial charge in [0.1, 0.15) is 0 Å². The van der Waals surface area contributed by atoms with Gasteiger partial charge in [0, 0.05) is 24.1 Å². The Balaban J connectivity index is 1.57. The second-order valence-corrected chi connectivity index (χ2v) is 5.40. The number of para-hydroxylation sites is 1. The number of aromatic nitrogens is 1. The van der Waals surface area contributed by atoms with Crippen LogP contribution in [0.3, 0.4) is 0 Å². The number of amides is 1. The Bertz CT molecular complexity index is 777. The van der Waals surface area contributed by atoms with E-state index in [0.29, 0.717) is 18.7 Å². The van der Waals surface area contributed by atoms with Gasteiger partial charge in [0.15, 0.2) is 11.7 Å². The Hall–Kier alpha value is -2.88. The summed E-state index contributed by atoms with van der Waals surface area (Å²) in [7, 11) is 0. The molecule has 0 saturated heterocycles. The van der Waals surface area contributed by atoms with E-state index in [0.717, 1.165) is 17.0 Å². The molecule has 4 nitrogen and oxygen atoms in total. The van der Waals surface area contributed by atoms with Crippen LogP contribution in [0.1, 0.15) is 17.9 Å². The molecule has 0 saturated carbocycles. The van der Waals surface area contributed by atoms with Crippen molar-refractivity contribution in [1.82, 2.24) is 4.98 Å². The molecule has 3 aromatic rings. The lowest BCUT2D eigenvalue weighted by Gasteiger charge is -2.03. The second kappa shape index (κ2) is 6.92. The highest BCUT2D eigenvalue weighted by atomic mass is 16.4. The average molecular weight is 306 g/mol. The zero-order chi connectivity index (χ0) is 16.1. The molecule has 4 heteroatoms. The van der Waals surface area contributed by atoms with Crippen LogP contribution in [-0.2, 0) is 11.2 Å². The molecule has 0 aliphatic heterocycles. The van der Waals surface area contributed by atoms with Crippen LogP contribution in [0.5, 0.6) is 0 Å². The number of carbonyl (C=O) groups excluding carboxylic acids is 1. The first-order valence-corrected chi connectivity index (χ1v) is 7.57. The monoisotopic (exact) mass is 306 g/mol. The second-order valence-electron chi connectivity index (χ2n) is 5.40. The smallest absolute Gasteiger partial charge is 0.224 e. The van der Waals surface area contributed by atoms with E-state index in [1.165, 1.54) is 5.56 Å². The minimum Gasteiger partial charge on any atom is -0.441 e. The van der Waals surface area contributed by atoms with Crippen LogP contribution in [0.25, 0.3) is 11.3 Å². The van der Waals surface area contributed by atoms with Crippen LogP contribution in [0, 0.1) is 6.92 Å². The summed E-state index contributed by atoms with van der Waals surface area (Å²) in [6, 6.07) is 17.5. The Labute approximate surface area is 135 Å². The lowest BCUT2D eigenvalue weighted by atomic mass is 10.1. The van der Waals surface area contributed by atoms with Gasteiger partial charge in [-0.25, -0.2) is 4.98 Å². The molecule has 0 aliphatic rings. The van der Waals surface area contributed by atoms with Crippen molar-refractivity contribution in [3.63, 3.8) is 0 Å². The molecule has 1 amide bonds. The minimum atomic E-state index is -0.0497. The van der Waals surface area contributed by atoms with Gasteiger partial charge in [-0.3, -0.25) is 4.79 Å². The summed E-state index contributed by atoms with van der Waals surface area (Å²) in [6.07, 6.45) is 2.52. The molecule has 116 valence electrons. The van der Waals surface area contributed by atoms with E-state index in [1.807, 2.05) is 61.5 Å². The van der Waals surface area contributed by atoms with Gasteiger partial charge in [0.05, 0.1) is 6.20 Å². The summed E-state index contributed by atoms with van der Waals surface area (Å²) in [5.41, 5.74) is 2.99. The normalized spacial score (nSPS) is 10.5. The zero-order valence-electron chi connectivity index (χ0n) is 13.0. The number of anilines is 1. The maximum Gasteiger partial charge on any atom is 0.224 e. The molecule has 0 aliphatic carbocycles. The topological polar surface area (TPSA) is 55.1 Å². The predicted octanol–water partition coefficient (Wildman–Crippen LogP) is 4.22. The molecular formula is C19H18N2O2. The van der Waals surface area contributed by atoms with Crippen molar-refractivity contribution < 1.29 is 9.21 Å². The first kappa shape index (κ1) is 15.0. The average Bonchev–Trinajstić information content (AvgIpc) is 3.04. The molecule has 0 spiro atoms. The number of nitrogens with zero attached hydrogens (tertiary/aromatic N) is 1. The molecular weight excluding hydrogens is 288 g/mol. The Kier molecular flexibility index (Phi) is 4.52. The van der Waals surface area contributed by atoms with Crippen LogP contribution in [0.4, 0.5) is 5.69 Å². The van der Waals surface area contributed by atoms with Gasteiger partial charge in [0.2, 0.25) is 5.91 Å². The van der Waals surface area contributed by atoms with Crippen molar-refractivity contribution in [2.75, 3.05) is 5.32 Å². The number of benzene rings is 2. The van der Waals surface area contributed by atoms with Crippen molar-refractivity contribution in [3.8, 4) is 11.3 Å². The lowest BCUT2D eigenvalue weighted by Crippen LogP contribution is -2.12. The number of nitrogens with one attached hydrogen (secondary N) is 1. The van der Waals surface area contributed by atoms with Crippen molar-refractivity contribution in [2.24, 2.45) is 0 Å². The first-order chi connectivity index (χ1) is 11.2. The molecule has 1 aromatic heterocycles. The van der Waals surface area contributed by atoms with Gasteiger partial charge in [-0.15, -0.1) is 0 Å². The SMILES string of the molecule is Cc1ccc(-c2cnc(CCC(=O)Nc3ccccc3)o2)cc1. The number of carbonyl (C=O) groups is 1. The predicted molar refractivity (Wildman–Crippen MR) is 90.1 cm³/mol. The van der Waals surface area contributed by atoms with E-state index >= 15 is 0 Å². The fraction of sp³-hybridized carbons (Fsp3) is 0.158. The third kappa shape index (κ3) is 4.07. The van der Waals surface area contributed by atoms with Crippen LogP contribution < -0.4 is 5.32 Å². The molecule has 0 unspecified atom stereocenters. The Morgan fingerprint density at radius 2 is 1.83 bits per heavy atom. The maximum absolute atomic E-state index is 11.9. The van der Waals surface area contributed by atoms with E-state index < -0.39 is 0 Å². The fourth-order valence-corrected chi connectivity index (χ4v) is 2.24. The zero-order valence-corrected chi connectivity index (χ0v) is 13.0. The molecule has 1 N–H and O–H groups in total. The number of oxazole rings is 1. The van der Waals surface area contributed by atoms with Crippen molar-refractivity contribution in [2.45, 2.75) is 19.8 Å². The first-order valence-electron chi connectivity index (χ1n) is 7.57. The summed E-state index contributed by atoms with van der Waals surface area (Å²) in [4.78, 5) is 16.2. The summed E-state index contributed by atoms with van der Waals surface area (Å²) in [6.45, 7) is 2.04. The number of aryl methyl sites for hydroxylation is 2. The number of hydrogen-bond acceptors (Lipinski definition) is 3. The third-order valence-electron chi connectivity index (χ3n) is 3.51. The van der Waals surface area contributed by atoms with E-state index in [2.05, 4.69) is 10.3 Å². The van der Waals surface area contributed by atoms with Gasteiger partial charge in [-0.2, -0.15) is 0 Å². The quantitative estimate of drug-likeness (QED) is 0.767. The van der Waals surface area contributed by atoms with Crippen molar-refractivity contribution in [3.05, 3.63) is 72.2 Å². The third-order valence-corrected chi connectivity index (χ3v) is 3.51. The molecule has 0 bridgehead atoms. The maximum atomic E-state index is 11.9. The number of rotatable bonds is 5. The fourth-order valence-electron chi connectivity index (χ4n) is 2.24.